The van der Waals surface area contributed by atoms with E-state index in [0.717, 1.165) is 12.5 Å². The van der Waals surface area contributed by atoms with Gasteiger partial charge in [-0.05, 0) is 39.3 Å². The molecule has 0 atom stereocenters. The van der Waals surface area contributed by atoms with Crippen LogP contribution in [0.3, 0.4) is 0 Å². The number of hydrogen-bond acceptors (Lipinski definition) is 2. The van der Waals surface area contributed by atoms with E-state index in [4.69, 9.17) is 8.43 Å². The van der Waals surface area contributed by atoms with Crippen LogP contribution >= 0.6 is 8.38 Å². The topological polar surface area (TPSA) is 18.5 Å². The van der Waals surface area contributed by atoms with Crippen molar-refractivity contribution in [1.82, 2.24) is 0 Å². The third-order valence-corrected chi connectivity index (χ3v) is 7.98. The molecule has 0 aliphatic heterocycles. The maximum Gasteiger partial charge on any atom is 0.191 e. The molecule has 84 valence electrons. The molecule has 0 fully saturated rings. The molecule has 0 saturated carbocycles. The molecular weight excluding hydrogens is 226 g/mol. The summed E-state index contributed by atoms with van der Waals surface area (Å²) in [6.07, 6.45) is 2.24. The van der Waals surface area contributed by atoms with Crippen LogP contribution in [0.15, 0.2) is 0 Å². The Kier molecular flexibility index (Phi) is 6.15. The van der Waals surface area contributed by atoms with E-state index in [1.165, 1.54) is 0 Å². The zero-order chi connectivity index (χ0) is 11.4. The van der Waals surface area contributed by atoms with Gasteiger partial charge in [0, 0.05) is 6.16 Å². The molecule has 2 nitrogen and oxygen atoms in total. The molecule has 0 aromatic heterocycles. The van der Waals surface area contributed by atoms with Gasteiger partial charge in [0.2, 0.25) is 0 Å². The van der Waals surface area contributed by atoms with E-state index in [2.05, 4.69) is 47.1 Å². The van der Waals surface area contributed by atoms with Crippen molar-refractivity contribution in [3.63, 3.8) is 0 Å². The molecule has 0 heterocycles. The minimum absolute atomic E-state index is 0.613. The molecule has 0 N–H and O–H groups in total. The average Bonchev–Trinajstić information content (AvgIpc) is 1.78. The molecule has 0 saturated heterocycles. The van der Waals surface area contributed by atoms with Crippen LogP contribution in [-0.2, 0) is 8.43 Å². The average molecular weight is 250 g/mol. The number of rotatable bonds is 6. The van der Waals surface area contributed by atoms with Gasteiger partial charge in [-0.3, -0.25) is 0 Å². The van der Waals surface area contributed by atoms with Crippen molar-refractivity contribution in [2.24, 2.45) is 0 Å². The Bertz CT molecular complexity index is 152. The summed E-state index contributed by atoms with van der Waals surface area (Å²) in [7, 11) is -1.29. The SMILES string of the molecule is BCCP(O[Si](C)(C)C)O[Si](C)(C)C. The van der Waals surface area contributed by atoms with Crippen molar-refractivity contribution in [3.8, 4) is 0 Å². The van der Waals surface area contributed by atoms with Crippen molar-refractivity contribution < 1.29 is 8.43 Å². The van der Waals surface area contributed by atoms with Crippen LogP contribution in [0.1, 0.15) is 0 Å². The summed E-state index contributed by atoms with van der Waals surface area (Å²) in [4.78, 5) is 0. The van der Waals surface area contributed by atoms with E-state index in [1.54, 1.807) is 0 Å². The van der Waals surface area contributed by atoms with Crippen LogP contribution in [0.2, 0.25) is 45.6 Å². The summed E-state index contributed by atoms with van der Waals surface area (Å²) in [6, 6.07) is 0. The third-order valence-electron chi connectivity index (χ3n) is 1.16. The second-order valence-electron chi connectivity index (χ2n) is 5.46. The van der Waals surface area contributed by atoms with Crippen LogP contribution in [0.4, 0.5) is 0 Å². The van der Waals surface area contributed by atoms with Gasteiger partial charge in [0.1, 0.15) is 16.2 Å². The Hall–Kier alpha value is 0.849. The monoisotopic (exact) mass is 250 g/mol. The highest BCUT2D eigenvalue weighted by molar-refractivity contribution is 7.51. The van der Waals surface area contributed by atoms with Gasteiger partial charge in [0.15, 0.2) is 16.6 Å². The molecule has 0 spiro atoms. The fraction of sp³-hybridized carbons (Fsp3) is 1.00. The maximum atomic E-state index is 6.07. The lowest BCUT2D eigenvalue weighted by Gasteiger charge is -2.30. The van der Waals surface area contributed by atoms with Crippen molar-refractivity contribution in [2.45, 2.75) is 45.6 Å². The molecule has 14 heavy (non-hydrogen) atoms. The Morgan fingerprint density at radius 3 is 1.50 bits per heavy atom. The highest BCUT2D eigenvalue weighted by atomic mass is 31.2. The molecule has 6 heteroatoms. The lowest BCUT2D eigenvalue weighted by molar-refractivity contribution is 0.490. The zero-order valence-corrected chi connectivity index (χ0v) is 13.6. The Morgan fingerprint density at radius 2 is 1.29 bits per heavy atom. The van der Waals surface area contributed by atoms with Crippen molar-refractivity contribution in [3.05, 3.63) is 0 Å². The molecule has 0 aliphatic carbocycles. The van der Waals surface area contributed by atoms with E-state index in [9.17, 15) is 0 Å². The number of hydrogen-bond donors (Lipinski definition) is 0. The van der Waals surface area contributed by atoms with Gasteiger partial charge in [-0.1, -0.05) is 6.32 Å². The molecule has 0 unspecified atom stereocenters. The Morgan fingerprint density at radius 1 is 0.929 bits per heavy atom. The summed E-state index contributed by atoms with van der Waals surface area (Å²) in [5.74, 6) is 0. The molecule has 0 bridgehead atoms. The summed E-state index contributed by atoms with van der Waals surface area (Å²) in [5, 5.41) is 0. The fourth-order valence-electron chi connectivity index (χ4n) is 0.903. The second kappa shape index (κ2) is 5.80. The zero-order valence-electron chi connectivity index (χ0n) is 10.7. The molecule has 0 amide bonds. The van der Waals surface area contributed by atoms with Crippen LogP contribution < -0.4 is 0 Å². The quantitative estimate of drug-likeness (QED) is 0.533. The van der Waals surface area contributed by atoms with Crippen LogP contribution in [0, 0.1) is 0 Å². The maximum absolute atomic E-state index is 6.07. The molecular formula is C8H24BO2PSi2. The fourth-order valence-corrected chi connectivity index (χ4v) is 7.37. The molecule has 0 radical (unpaired) electrons. The summed E-state index contributed by atoms with van der Waals surface area (Å²) >= 11 is 0. The van der Waals surface area contributed by atoms with Crippen molar-refractivity contribution in [2.75, 3.05) is 6.16 Å². The first-order chi connectivity index (χ1) is 6.14. The lowest BCUT2D eigenvalue weighted by atomic mass is 10.1. The van der Waals surface area contributed by atoms with Crippen LogP contribution in [0.25, 0.3) is 0 Å². The normalized spacial score (nSPS) is 13.6. The van der Waals surface area contributed by atoms with Crippen molar-refractivity contribution >= 4 is 32.9 Å². The summed E-state index contributed by atoms with van der Waals surface area (Å²) < 4.78 is 12.1. The largest absolute Gasteiger partial charge is 0.376 e. The molecule has 0 rings (SSSR count). The minimum Gasteiger partial charge on any atom is -0.376 e. The first kappa shape index (κ1) is 14.8. The van der Waals surface area contributed by atoms with Gasteiger partial charge >= 0.3 is 0 Å². The van der Waals surface area contributed by atoms with E-state index >= 15 is 0 Å². The van der Waals surface area contributed by atoms with E-state index < -0.39 is 25.0 Å². The minimum atomic E-state index is -1.43. The Balaban J connectivity index is 4.16. The van der Waals surface area contributed by atoms with Gasteiger partial charge in [-0.25, -0.2) is 0 Å². The first-order valence-electron chi connectivity index (χ1n) is 5.30. The lowest BCUT2D eigenvalue weighted by Crippen LogP contribution is -2.28. The van der Waals surface area contributed by atoms with Gasteiger partial charge in [0.25, 0.3) is 0 Å². The third kappa shape index (κ3) is 9.41. The first-order valence-corrected chi connectivity index (χ1v) is 13.5. The van der Waals surface area contributed by atoms with Crippen molar-refractivity contribution in [1.29, 1.82) is 0 Å². The smallest absolute Gasteiger partial charge is 0.191 e. The summed E-state index contributed by atoms with van der Waals surface area (Å²) in [6.45, 7) is 13.4. The highest BCUT2D eigenvalue weighted by Gasteiger charge is 2.26. The van der Waals surface area contributed by atoms with Crippen LogP contribution in [0.5, 0.6) is 0 Å². The highest BCUT2D eigenvalue weighted by Crippen LogP contribution is 2.44. The molecule has 0 aromatic carbocycles. The Labute approximate surface area is 93.4 Å². The van der Waals surface area contributed by atoms with E-state index in [0.29, 0.717) is 0 Å². The van der Waals surface area contributed by atoms with Crippen LogP contribution in [-0.4, -0.2) is 30.6 Å². The summed E-state index contributed by atoms with van der Waals surface area (Å²) in [5.41, 5.74) is 0. The van der Waals surface area contributed by atoms with E-state index in [1.807, 2.05) is 0 Å². The van der Waals surface area contributed by atoms with Gasteiger partial charge in [-0.15, -0.1) is 0 Å². The van der Waals surface area contributed by atoms with Gasteiger partial charge in [0.05, 0.1) is 0 Å². The predicted molar refractivity (Wildman–Crippen MR) is 74.0 cm³/mol. The van der Waals surface area contributed by atoms with Gasteiger partial charge < -0.3 is 8.43 Å². The second-order valence-corrected chi connectivity index (χ2v) is 16.5. The molecule has 0 aromatic rings. The van der Waals surface area contributed by atoms with E-state index in [-0.39, 0.29) is 0 Å². The predicted octanol–water partition coefficient (Wildman–Crippen LogP) is 3.05. The molecule has 0 aliphatic rings. The van der Waals surface area contributed by atoms with Gasteiger partial charge in [-0.2, -0.15) is 0 Å². The standard InChI is InChI=1S/C8H24BO2PSi2/c1-13(2,3)10-12(8-7-9)11-14(4,5)6/h7-9H2,1-6H3.